The highest BCUT2D eigenvalue weighted by Crippen LogP contribution is 2.44. The molecule has 3 rings (SSSR count). The van der Waals surface area contributed by atoms with Gasteiger partial charge in [0.1, 0.15) is 5.69 Å². The lowest BCUT2D eigenvalue weighted by molar-refractivity contribution is -0.137. The molecule has 1 aliphatic heterocycles. The number of thiocarbonyl (C=S) groups is 1. The van der Waals surface area contributed by atoms with Crippen molar-refractivity contribution in [2.45, 2.75) is 13.3 Å². The topological polar surface area (TPSA) is 79.6 Å². The van der Waals surface area contributed by atoms with Gasteiger partial charge in [-0.05, 0) is 36.8 Å². The van der Waals surface area contributed by atoms with E-state index in [1.54, 1.807) is 18.1 Å². The Bertz CT molecular complexity index is 925. The molecule has 1 aromatic heterocycles. The molecule has 0 bridgehead atoms. The van der Waals surface area contributed by atoms with Crippen LogP contribution in [0.3, 0.4) is 0 Å². The molecule has 0 radical (unpaired) electrons. The Balaban J connectivity index is 1.74. The third kappa shape index (κ3) is 5.37. The number of carbonyl (C=O) groups is 1. The van der Waals surface area contributed by atoms with Crippen LogP contribution < -0.4 is 5.01 Å². The molecule has 0 spiro atoms. The number of aromatic hydroxyl groups is 1. The SMILES string of the molecule is C/C=N/N(C(=S)N1CCN(CCC(=O)O)CC1)c1csc(-c2ccc(Br)cc2)c1O. The van der Waals surface area contributed by atoms with Gasteiger partial charge in [0, 0.05) is 48.8 Å². The summed E-state index contributed by atoms with van der Waals surface area (Å²) in [6, 6.07) is 7.76. The smallest absolute Gasteiger partial charge is 0.304 e. The zero-order chi connectivity index (χ0) is 21.7. The van der Waals surface area contributed by atoms with Gasteiger partial charge in [0.15, 0.2) is 10.9 Å². The first kappa shape index (κ1) is 22.7. The largest absolute Gasteiger partial charge is 0.504 e. The van der Waals surface area contributed by atoms with Gasteiger partial charge in [0.25, 0.3) is 0 Å². The van der Waals surface area contributed by atoms with Crippen LogP contribution in [0.1, 0.15) is 13.3 Å². The van der Waals surface area contributed by atoms with E-state index in [-0.39, 0.29) is 12.2 Å². The van der Waals surface area contributed by atoms with E-state index >= 15 is 0 Å². The van der Waals surface area contributed by atoms with Crippen LogP contribution in [0.2, 0.25) is 0 Å². The van der Waals surface area contributed by atoms with Crippen LogP contribution >= 0.6 is 39.5 Å². The van der Waals surface area contributed by atoms with E-state index in [1.165, 1.54) is 11.3 Å². The summed E-state index contributed by atoms with van der Waals surface area (Å²) in [6.07, 6.45) is 1.78. The number of carboxylic acids is 1. The summed E-state index contributed by atoms with van der Waals surface area (Å²) >= 11 is 10.6. The van der Waals surface area contributed by atoms with Crippen molar-refractivity contribution in [2.24, 2.45) is 5.10 Å². The summed E-state index contributed by atoms with van der Waals surface area (Å²) in [5, 5.41) is 28.1. The van der Waals surface area contributed by atoms with Gasteiger partial charge < -0.3 is 15.1 Å². The zero-order valence-corrected chi connectivity index (χ0v) is 19.7. The van der Waals surface area contributed by atoms with Crippen LogP contribution in [0, 0.1) is 0 Å². The predicted octanol–water partition coefficient (Wildman–Crippen LogP) is 4.07. The van der Waals surface area contributed by atoms with Gasteiger partial charge in [-0.15, -0.1) is 11.3 Å². The van der Waals surface area contributed by atoms with Crippen molar-refractivity contribution in [3.05, 3.63) is 34.1 Å². The van der Waals surface area contributed by atoms with Crippen molar-refractivity contribution < 1.29 is 15.0 Å². The maximum atomic E-state index is 10.9. The van der Waals surface area contributed by atoms with E-state index in [4.69, 9.17) is 17.3 Å². The van der Waals surface area contributed by atoms with Gasteiger partial charge in [-0.3, -0.25) is 9.69 Å². The highest BCUT2D eigenvalue weighted by atomic mass is 79.9. The molecule has 0 unspecified atom stereocenters. The molecule has 2 aromatic rings. The van der Waals surface area contributed by atoms with Crippen LogP contribution in [0.15, 0.2) is 39.2 Å². The molecule has 10 heteroatoms. The third-order valence-corrected chi connectivity index (χ3v) is 6.74. The summed E-state index contributed by atoms with van der Waals surface area (Å²) in [7, 11) is 0. The normalized spacial score (nSPS) is 14.9. The number of rotatable bonds is 6. The molecule has 0 aliphatic carbocycles. The van der Waals surface area contributed by atoms with Crippen molar-refractivity contribution in [3.63, 3.8) is 0 Å². The van der Waals surface area contributed by atoms with E-state index in [9.17, 15) is 9.90 Å². The molecular formula is C20H23BrN4O3S2. The summed E-state index contributed by atoms with van der Waals surface area (Å²) in [6.45, 7) is 5.16. The van der Waals surface area contributed by atoms with Crippen molar-refractivity contribution in [1.82, 2.24) is 9.80 Å². The van der Waals surface area contributed by atoms with Crippen LogP contribution in [-0.4, -0.2) is 70.0 Å². The quantitative estimate of drug-likeness (QED) is 0.344. The minimum absolute atomic E-state index is 0.137. The van der Waals surface area contributed by atoms with E-state index in [2.05, 4.69) is 25.9 Å². The number of aliphatic carboxylic acids is 1. The molecular weight excluding hydrogens is 488 g/mol. The maximum absolute atomic E-state index is 10.9. The average Bonchev–Trinajstić information content (AvgIpc) is 3.12. The molecule has 1 fully saturated rings. The monoisotopic (exact) mass is 510 g/mol. The fourth-order valence-electron chi connectivity index (χ4n) is 3.18. The number of halogens is 1. The number of hydrazone groups is 1. The first-order chi connectivity index (χ1) is 14.4. The van der Waals surface area contributed by atoms with Crippen LogP contribution in [0.4, 0.5) is 5.69 Å². The Morgan fingerprint density at radius 1 is 1.30 bits per heavy atom. The van der Waals surface area contributed by atoms with E-state index in [1.807, 2.05) is 34.5 Å². The van der Waals surface area contributed by atoms with Crippen molar-refractivity contribution in [2.75, 3.05) is 37.7 Å². The molecule has 2 heterocycles. The number of nitrogens with zero attached hydrogens (tertiary/aromatic N) is 4. The number of carboxylic acid groups (broad SMARTS) is 1. The fraction of sp³-hybridized carbons (Fsp3) is 0.350. The Hall–Kier alpha value is -2.01. The lowest BCUT2D eigenvalue weighted by Crippen LogP contribution is -2.52. The van der Waals surface area contributed by atoms with E-state index in [0.29, 0.717) is 30.4 Å². The summed E-state index contributed by atoms with van der Waals surface area (Å²) < 4.78 is 0.975. The predicted molar refractivity (Wildman–Crippen MR) is 129 cm³/mol. The third-order valence-electron chi connectivity index (χ3n) is 4.78. The van der Waals surface area contributed by atoms with Crippen LogP contribution in [0.5, 0.6) is 5.75 Å². The van der Waals surface area contributed by atoms with Crippen LogP contribution in [0.25, 0.3) is 10.4 Å². The van der Waals surface area contributed by atoms with Crippen molar-refractivity contribution in [1.29, 1.82) is 0 Å². The number of benzene rings is 1. The molecule has 0 saturated carbocycles. The standard InChI is InChI=1S/C20H23BrN4O3S2/c1-2-22-25(20(29)24-11-9-23(10-12-24)8-7-17(26)27)16-13-30-19(18(16)28)14-3-5-15(21)6-4-14/h2-6,13,28H,7-12H2,1H3,(H,26,27)/b22-2+. The maximum Gasteiger partial charge on any atom is 0.304 e. The van der Waals surface area contributed by atoms with Gasteiger partial charge in [-0.1, -0.05) is 28.1 Å². The van der Waals surface area contributed by atoms with Gasteiger partial charge in [0.05, 0.1) is 11.3 Å². The number of anilines is 1. The van der Waals surface area contributed by atoms with Crippen LogP contribution in [-0.2, 0) is 4.79 Å². The molecule has 1 saturated heterocycles. The first-order valence-corrected chi connectivity index (χ1v) is 11.6. The molecule has 0 amide bonds. The Morgan fingerprint density at radius 2 is 1.97 bits per heavy atom. The second-order valence-electron chi connectivity index (χ2n) is 6.75. The second-order valence-corrected chi connectivity index (χ2v) is 8.91. The van der Waals surface area contributed by atoms with Crippen molar-refractivity contribution >= 4 is 62.5 Å². The second kappa shape index (κ2) is 10.3. The highest BCUT2D eigenvalue weighted by Gasteiger charge is 2.26. The first-order valence-electron chi connectivity index (χ1n) is 9.49. The Kier molecular flexibility index (Phi) is 7.81. The number of hydrogen-bond acceptors (Lipinski definition) is 6. The molecule has 160 valence electrons. The van der Waals surface area contributed by atoms with E-state index in [0.717, 1.165) is 28.0 Å². The molecule has 7 nitrogen and oxygen atoms in total. The molecule has 1 aliphatic rings. The zero-order valence-electron chi connectivity index (χ0n) is 16.5. The molecule has 1 aromatic carbocycles. The average molecular weight is 511 g/mol. The molecule has 0 atom stereocenters. The van der Waals surface area contributed by atoms with Gasteiger partial charge >= 0.3 is 5.97 Å². The molecule has 30 heavy (non-hydrogen) atoms. The summed E-state index contributed by atoms with van der Waals surface area (Å²) in [5.74, 6) is -0.638. The van der Waals surface area contributed by atoms with Gasteiger partial charge in [-0.25, -0.2) is 5.01 Å². The minimum atomic E-state index is -0.786. The number of hydrogen-bond donors (Lipinski definition) is 2. The van der Waals surface area contributed by atoms with Gasteiger partial charge in [0.2, 0.25) is 0 Å². The number of thiophene rings is 1. The minimum Gasteiger partial charge on any atom is -0.504 e. The Morgan fingerprint density at radius 3 is 2.57 bits per heavy atom. The lowest BCUT2D eigenvalue weighted by atomic mass is 10.2. The summed E-state index contributed by atoms with van der Waals surface area (Å²) in [5.41, 5.74) is 1.47. The molecule has 2 N–H and O–H groups in total. The van der Waals surface area contributed by atoms with E-state index < -0.39 is 5.97 Å². The van der Waals surface area contributed by atoms with Crippen molar-refractivity contribution in [3.8, 4) is 16.2 Å². The van der Waals surface area contributed by atoms with Gasteiger partial charge in [-0.2, -0.15) is 5.10 Å². The lowest BCUT2D eigenvalue weighted by Gasteiger charge is -2.37. The fourth-order valence-corrected chi connectivity index (χ4v) is 4.70. The summed E-state index contributed by atoms with van der Waals surface area (Å²) in [4.78, 5) is 15.7. The number of piperazine rings is 1. The highest BCUT2D eigenvalue weighted by molar-refractivity contribution is 9.10. The Labute approximate surface area is 193 Å².